The van der Waals surface area contributed by atoms with E-state index in [2.05, 4.69) is 29.5 Å². The van der Waals surface area contributed by atoms with Gasteiger partial charge in [-0.05, 0) is 30.6 Å². The molecule has 1 heterocycles. The fourth-order valence-corrected chi connectivity index (χ4v) is 3.78. The molecule has 1 aromatic rings. The maximum atomic E-state index is 4.32. The Bertz CT molecular complexity index is 313. The van der Waals surface area contributed by atoms with Gasteiger partial charge in [-0.25, -0.2) is 4.98 Å². The van der Waals surface area contributed by atoms with E-state index in [1.54, 1.807) is 11.3 Å². The van der Waals surface area contributed by atoms with E-state index >= 15 is 0 Å². The molecule has 0 bridgehead atoms. The third-order valence-electron chi connectivity index (χ3n) is 3.80. The van der Waals surface area contributed by atoms with Crippen LogP contribution in [0.5, 0.6) is 0 Å². The van der Waals surface area contributed by atoms with E-state index < -0.39 is 0 Å². The molecule has 1 aliphatic rings. The first-order chi connectivity index (χ1) is 8.20. The average molecular weight is 252 g/mol. The summed E-state index contributed by atoms with van der Waals surface area (Å²) in [5.74, 6) is 0.814. The number of thiazole rings is 1. The Hall–Kier alpha value is -0.410. The van der Waals surface area contributed by atoms with Gasteiger partial charge < -0.3 is 5.32 Å². The van der Waals surface area contributed by atoms with Crippen molar-refractivity contribution in [3.05, 3.63) is 16.6 Å². The van der Waals surface area contributed by atoms with Crippen LogP contribution in [0.25, 0.3) is 0 Å². The van der Waals surface area contributed by atoms with Gasteiger partial charge in [0.15, 0.2) is 0 Å². The van der Waals surface area contributed by atoms with Crippen molar-refractivity contribution in [1.82, 2.24) is 10.3 Å². The highest BCUT2D eigenvalue weighted by Crippen LogP contribution is 2.42. The second-order valence-electron chi connectivity index (χ2n) is 5.89. The van der Waals surface area contributed by atoms with E-state index in [0.29, 0.717) is 5.41 Å². The zero-order chi connectivity index (χ0) is 12.1. The Labute approximate surface area is 109 Å². The van der Waals surface area contributed by atoms with Crippen molar-refractivity contribution < 1.29 is 0 Å². The molecule has 17 heavy (non-hydrogen) atoms. The summed E-state index contributed by atoms with van der Waals surface area (Å²) in [7, 11) is 0. The molecule has 1 saturated carbocycles. The van der Waals surface area contributed by atoms with Crippen LogP contribution in [-0.2, 0) is 6.54 Å². The lowest BCUT2D eigenvalue weighted by molar-refractivity contribution is 0.223. The molecule has 3 heteroatoms. The minimum Gasteiger partial charge on any atom is -0.311 e. The average Bonchev–Trinajstić information content (AvgIpc) is 2.89. The lowest BCUT2D eigenvalue weighted by atomic mass is 9.78. The standard InChI is InChI=1S/C14H24N2S/c1-12(2)7-14(5-3-4-6-14)10-15-8-13-9-17-11-16-13/h9,11-12,15H,3-8,10H2,1-2H3. The molecule has 0 aliphatic heterocycles. The van der Waals surface area contributed by atoms with Crippen molar-refractivity contribution in [3.8, 4) is 0 Å². The summed E-state index contributed by atoms with van der Waals surface area (Å²) >= 11 is 1.68. The monoisotopic (exact) mass is 252 g/mol. The zero-order valence-electron chi connectivity index (χ0n) is 11.0. The van der Waals surface area contributed by atoms with Crippen molar-refractivity contribution >= 4 is 11.3 Å². The molecule has 1 aromatic heterocycles. The summed E-state index contributed by atoms with van der Waals surface area (Å²) in [6, 6.07) is 0. The van der Waals surface area contributed by atoms with E-state index in [9.17, 15) is 0 Å². The largest absolute Gasteiger partial charge is 0.311 e. The Morgan fingerprint density at radius 1 is 1.41 bits per heavy atom. The van der Waals surface area contributed by atoms with Crippen molar-refractivity contribution in [1.29, 1.82) is 0 Å². The topological polar surface area (TPSA) is 24.9 Å². The molecule has 0 aromatic carbocycles. The van der Waals surface area contributed by atoms with Gasteiger partial charge in [0.1, 0.15) is 0 Å². The van der Waals surface area contributed by atoms with Gasteiger partial charge in [0.2, 0.25) is 0 Å². The summed E-state index contributed by atoms with van der Waals surface area (Å²) in [6.07, 6.45) is 7.04. The minimum atomic E-state index is 0.574. The molecular formula is C14H24N2S. The van der Waals surface area contributed by atoms with E-state index in [4.69, 9.17) is 0 Å². The van der Waals surface area contributed by atoms with Crippen LogP contribution in [0.3, 0.4) is 0 Å². The first kappa shape index (κ1) is 13.0. The maximum absolute atomic E-state index is 4.32. The number of hydrogen-bond acceptors (Lipinski definition) is 3. The Kier molecular flexibility index (Phi) is 4.57. The third kappa shape index (κ3) is 3.78. The highest BCUT2D eigenvalue weighted by Gasteiger charge is 2.33. The molecule has 0 atom stereocenters. The molecule has 1 fully saturated rings. The van der Waals surface area contributed by atoms with Crippen molar-refractivity contribution in [2.75, 3.05) is 6.54 Å². The van der Waals surface area contributed by atoms with Crippen molar-refractivity contribution in [2.45, 2.75) is 52.5 Å². The molecule has 0 saturated heterocycles. The molecular weight excluding hydrogens is 228 g/mol. The normalized spacial score (nSPS) is 19.0. The number of nitrogens with one attached hydrogen (secondary N) is 1. The Morgan fingerprint density at radius 2 is 2.18 bits per heavy atom. The maximum Gasteiger partial charge on any atom is 0.0795 e. The fraction of sp³-hybridized carbons (Fsp3) is 0.786. The van der Waals surface area contributed by atoms with Crippen LogP contribution in [-0.4, -0.2) is 11.5 Å². The number of nitrogens with zero attached hydrogens (tertiary/aromatic N) is 1. The SMILES string of the molecule is CC(C)CC1(CNCc2cscn2)CCCC1. The van der Waals surface area contributed by atoms with Crippen LogP contribution in [0.2, 0.25) is 0 Å². The van der Waals surface area contributed by atoms with Gasteiger partial charge in [0.05, 0.1) is 11.2 Å². The van der Waals surface area contributed by atoms with Crippen LogP contribution < -0.4 is 5.32 Å². The molecule has 1 N–H and O–H groups in total. The molecule has 2 rings (SSSR count). The van der Waals surface area contributed by atoms with E-state index in [0.717, 1.165) is 12.5 Å². The predicted molar refractivity (Wildman–Crippen MR) is 74.2 cm³/mol. The van der Waals surface area contributed by atoms with Crippen LogP contribution in [0.4, 0.5) is 0 Å². The third-order valence-corrected chi connectivity index (χ3v) is 4.43. The first-order valence-electron chi connectivity index (χ1n) is 6.78. The second-order valence-corrected chi connectivity index (χ2v) is 6.61. The Morgan fingerprint density at radius 3 is 2.76 bits per heavy atom. The van der Waals surface area contributed by atoms with Gasteiger partial charge in [-0.2, -0.15) is 0 Å². The lowest BCUT2D eigenvalue weighted by Crippen LogP contribution is -2.33. The summed E-state index contributed by atoms with van der Waals surface area (Å²) < 4.78 is 0. The Balaban J connectivity index is 1.81. The van der Waals surface area contributed by atoms with Gasteiger partial charge >= 0.3 is 0 Å². The van der Waals surface area contributed by atoms with E-state index in [-0.39, 0.29) is 0 Å². The van der Waals surface area contributed by atoms with Gasteiger partial charge in [-0.15, -0.1) is 11.3 Å². The van der Waals surface area contributed by atoms with Crippen LogP contribution in [0.15, 0.2) is 10.9 Å². The molecule has 0 amide bonds. The van der Waals surface area contributed by atoms with Crippen LogP contribution in [0, 0.1) is 11.3 Å². The zero-order valence-corrected chi connectivity index (χ0v) is 11.9. The number of aromatic nitrogens is 1. The fourth-order valence-electron chi connectivity index (χ4n) is 3.22. The minimum absolute atomic E-state index is 0.574. The summed E-state index contributed by atoms with van der Waals surface area (Å²) in [6.45, 7) is 6.80. The van der Waals surface area contributed by atoms with Gasteiger partial charge in [0.25, 0.3) is 0 Å². The highest BCUT2D eigenvalue weighted by molar-refractivity contribution is 7.07. The molecule has 0 unspecified atom stereocenters. The first-order valence-corrected chi connectivity index (χ1v) is 7.72. The highest BCUT2D eigenvalue weighted by atomic mass is 32.1. The quantitative estimate of drug-likeness (QED) is 0.832. The smallest absolute Gasteiger partial charge is 0.0795 e. The van der Waals surface area contributed by atoms with Gasteiger partial charge in [-0.1, -0.05) is 26.7 Å². The molecule has 0 radical (unpaired) electrons. The van der Waals surface area contributed by atoms with Crippen molar-refractivity contribution in [2.24, 2.45) is 11.3 Å². The van der Waals surface area contributed by atoms with E-state index in [1.165, 1.54) is 44.3 Å². The van der Waals surface area contributed by atoms with Gasteiger partial charge in [-0.3, -0.25) is 0 Å². The molecule has 2 nitrogen and oxygen atoms in total. The van der Waals surface area contributed by atoms with Gasteiger partial charge in [0, 0.05) is 18.5 Å². The summed E-state index contributed by atoms with van der Waals surface area (Å²) in [4.78, 5) is 4.32. The van der Waals surface area contributed by atoms with E-state index in [1.807, 2.05) is 5.51 Å². The molecule has 96 valence electrons. The lowest BCUT2D eigenvalue weighted by Gasteiger charge is -2.31. The predicted octanol–water partition coefficient (Wildman–Crippen LogP) is 3.84. The van der Waals surface area contributed by atoms with Crippen LogP contribution in [0.1, 0.15) is 51.6 Å². The molecule has 1 aliphatic carbocycles. The molecule has 0 spiro atoms. The summed E-state index contributed by atoms with van der Waals surface area (Å²) in [5, 5.41) is 5.76. The summed E-state index contributed by atoms with van der Waals surface area (Å²) in [5.41, 5.74) is 3.67. The number of hydrogen-bond donors (Lipinski definition) is 1. The number of rotatable bonds is 6. The van der Waals surface area contributed by atoms with Crippen molar-refractivity contribution in [3.63, 3.8) is 0 Å². The van der Waals surface area contributed by atoms with Crippen LogP contribution >= 0.6 is 11.3 Å². The second kappa shape index (κ2) is 5.96.